The molecule has 0 aliphatic heterocycles. The fourth-order valence-electron chi connectivity index (χ4n) is 0. The van der Waals surface area contributed by atoms with Gasteiger partial charge in [-0.25, -0.2) is 0 Å². The van der Waals surface area contributed by atoms with Crippen LogP contribution in [-0.2, 0) is 3.80 Å². The molecule has 2 radical (unpaired) electrons. The van der Waals surface area contributed by atoms with E-state index in [1.807, 2.05) is 0 Å². The normalized spacial score (nSPS) is 0.600. The van der Waals surface area contributed by atoms with E-state index < -0.39 is 0 Å². The van der Waals surface area contributed by atoms with Crippen LogP contribution in [0.4, 0.5) is 0 Å². The van der Waals surface area contributed by atoms with E-state index in [9.17, 15) is 0 Å². The maximum atomic E-state index is 8.28. The molecule has 0 aliphatic rings. The van der Waals surface area contributed by atoms with Crippen molar-refractivity contribution < 1.29 is 3.80 Å². The maximum absolute atomic E-state index is 8.28. The van der Waals surface area contributed by atoms with Gasteiger partial charge in [0.25, 0.3) is 0 Å². The Labute approximate surface area is 93.9 Å². The quantitative estimate of drug-likeness (QED) is 0.434. The van der Waals surface area contributed by atoms with Crippen LogP contribution in [-0.4, -0.2) is 91.9 Å². The van der Waals surface area contributed by atoms with Crippen LogP contribution < -0.4 is 0 Å². The van der Waals surface area contributed by atoms with Gasteiger partial charge in [0.05, 0.1) is 0 Å². The average Bonchev–Trinajstić information content (AvgIpc) is 1.00. The van der Waals surface area contributed by atoms with Gasteiger partial charge < -0.3 is 0 Å². The van der Waals surface area contributed by atoms with Gasteiger partial charge in [-0.15, -0.1) is 0 Å². The first-order chi connectivity index (χ1) is 1.00. The molecule has 0 fully saturated rings. The first-order valence-corrected chi connectivity index (χ1v) is 0.866. The van der Waals surface area contributed by atoms with Crippen molar-refractivity contribution in [2.24, 2.45) is 0 Å². The van der Waals surface area contributed by atoms with Crippen LogP contribution >= 0.6 is 0 Å². The van der Waals surface area contributed by atoms with Crippen molar-refractivity contribution in [2.75, 3.05) is 0 Å². The van der Waals surface area contributed by atoms with Crippen molar-refractivity contribution in [3.8, 4) is 0 Å². The Kier molecular flexibility index (Phi) is 143. The molecule has 5 heteroatoms. The summed E-state index contributed by atoms with van der Waals surface area (Å²) in [6.07, 6.45) is 0. The topological polar surface area (TPSA) is 17.1 Å². The van der Waals surface area contributed by atoms with E-state index >= 15 is 0 Å². The second kappa shape index (κ2) is 28.8. The molecule has 0 saturated carbocycles. The number of rotatable bonds is 0. The second-order valence-corrected chi connectivity index (χ2v) is 0. The summed E-state index contributed by atoms with van der Waals surface area (Å²) in [5, 5.41) is 0. The molecule has 0 N–H and O–H groups in total. The van der Waals surface area contributed by atoms with E-state index in [0.717, 1.165) is 0 Å². The average molecular weight is 285 g/mol. The number of hydrogen-bond acceptors (Lipinski definition) is 1. The third-order valence-corrected chi connectivity index (χ3v) is 0. The summed E-state index contributed by atoms with van der Waals surface area (Å²) in [5.74, 6) is 0. The molecule has 0 aromatic carbocycles. The van der Waals surface area contributed by atoms with Gasteiger partial charge in [0, 0.05) is 0 Å². The second-order valence-electron chi connectivity index (χ2n) is 0. The molecular weight excluding hydrogens is 280 g/mol. The van der Waals surface area contributed by atoms with Gasteiger partial charge in [-0.05, 0) is 0 Å². The molecule has 0 aromatic rings. The molecule has 0 unspecified atom stereocenters. The molecule has 0 atom stereocenters. The molecule has 0 aromatic heterocycles. The van der Waals surface area contributed by atoms with Crippen LogP contribution in [0, 0.1) is 0 Å². The zero-order valence-electron chi connectivity index (χ0n) is 1.82. The molecule has 5 heavy (non-hydrogen) atoms. The Bertz CT molecular complexity index is 11.6. The van der Waals surface area contributed by atoms with E-state index in [1.54, 1.807) is 0 Å². The summed E-state index contributed by atoms with van der Waals surface area (Å²) in [5.41, 5.74) is 0. The zero-order chi connectivity index (χ0) is 2.00. The van der Waals surface area contributed by atoms with Crippen LogP contribution in [0.15, 0.2) is 0 Å². The Balaban J connectivity index is -0.00000000167. The van der Waals surface area contributed by atoms with Crippen LogP contribution in [0.1, 0.15) is 0 Å². The summed E-state index contributed by atoms with van der Waals surface area (Å²) >= 11 is 0.611. The van der Waals surface area contributed by atoms with Crippen molar-refractivity contribution in [1.29, 1.82) is 0 Å². The van der Waals surface area contributed by atoms with Gasteiger partial charge in [0.15, 0.2) is 0 Å². The van der Waals surface area contributed by atoms with E-state index in [2.05, 4.69) is 0 Å². The molecule has 0 saturated heterocycles. The fourth-order valence-corrected chi connectivity index (χ4v) is 0. The van der Waals surface area contributed by atoms with Crippen LogP contribution in [0.5, 0.6) is 0 Å². The van der Waals surface area contributed by atoms with Crippen molar-refractivity contribution in [3.63, 3.8) is 0 Å². The molecular formula is H5AlLiNaOPb. The summed E-state index contributed by atoms with van der Waals surface area (Å²) in [6, 6.07) is 0. The molecule has 0 rings (SSSR count). The predicted molar refractivity (Wildman–Crippen MR) is 30.7 cm³/mol. The third-order valence-electron chi connectivity index (χ3n) is 0. The Morgan fingerprint density at radius 2 is 1.20 bits per heavy atom. The standard InChI is InChI=1S/Al.Li.Na.O.Pb.5H. The van der Waals surface area contributed by atoms with Gasteiger partial charge in [0.2, 0.25) is 0 Å². The van der Waals surface area contributed by atoms with Crippen molar-refractivity contribution in [1.82, 2.24) is 0 Å². The summed E-state index contributed by atoms with van der Waals surface area (Å²) < 4.78 is 8.28. The monoisotopic (exact) mass is 286 g/mol. The van der Waals surface area contributed by atoms with Gasteiger partial charge in [0.1, 0.15) is 0 Å². The molecule has 1 nitrogen and oxygen atoms in total. The van der Waals surface area contributed by atoms with Gasteiger partial charge >= 0.3 is 95.7 Å². The minimum atomic E-state index is 0. The van der Waals surface area contributed by atoms with E-state index in [4.69, 9.17) is 3.80 Å². The fraction of sp³-hybridized carbons (Fsp3) is 0. The Hall–Kier alpha value is 2.85. The molecule has 0 spiro atoms. The van der Waals surface area contributed by atoms with E-state index in [-0.39, 0.29) is 75.7 Å². The molecule has 20 valence electrons. The first kappa shape index (κ1) is 24.8. The van der Waals surface area contributed by atoms with Crippen LogP contribution in [0.25, 0.3) is 0 Å². The predicted octanol–water partition coefficient (Wildman–Crippen LogP) is -2.98. The molecule has 0 amide bonds. The van der Waals surface area contributed by atoms with Gasteiger partial charge in [-0.3, -0.25) is 0 Å². The molecule has 0 heterocycles. The third kappa shape index (κ3) is 19.8. The first-order valence-electron chi connectivity index (χ1n) is 0.289. The minimum absolute atomic E-state index is 0. The van der Waals surface area contributed by atoms with Gasteiger partial charge in [-0.1, -0.05) is 0 Å². The van der Waals surface area contributed by atoms with E-state index in [0.29, 0.717) is 16.2 Å². The molecule has 0 aliphatic carbocycles. The van der Waals surface area contributed by atoms with Crippen LogP contribution in [0.2, 0.25) is 0 Å². The number of hydrogen-bond donors (Lipinski definition) is 0. The van der Waals surface area contributed by atoms with Crippen LogP contribution in [0.3, 0.4) is 0 Å². The zero-order valence-corrected chi connectivity index (χ0v) is 8.73. The summed E-state index contributed by atoms with van der Waals surface area (Å²) in [4.78, 5) is 0. The van der Waals surface area contributed by atoms with Crippen molar-refractivity contribution in [3.05, 3.63) is 0 Å². The Morgan fingerprint density at radius 3 is 1.20 bits per heavy atom. The summed E-state index contributed by atoms with van der Waals surface area (Å²) in [6.45, 7) is 0. The molecule has 0 bridgehead atoms. The van der Waals surface area contributed by atoms with E-state index in [1.165, 1.54) is 0 Å². The SMILES string of the molecule is [LiH].[NaH].[O]=[AlH].[PbH2]. The van der Waals surface area contributed by atoms with Crippen molar-refractivity contribution >= 4 is 91.9 Å². The summed E-state index contributed by atoms with van der Waals surface area (Å²) in [7, 11) is 0. The van der Waals surface area contributed by atoms with Crippen molar-refractivity contribution in [2.45, 2.75) is 0 Å². The van der Waals surface area contributed by atoms with Gasteiger partial charge in [-0.2, -0.15) is 0 Å². The Morgan fingerprint density at radius 1 is 1.20 bits per heavy atom.